The highest BCUT2D eigenvalue weighted by Gasteiger charge is 2.64. The van der Waals surface area contributed by atoms with Crippen molar-refractivity contribution in [2.75, 3.05) is 6.61 Å². The largest absolute Gasteiger partial charge is 0.462 e. The lowest BCUT2D eigenvalue weighted by Gasteiger charge is -2.26. The molecule has 2 aromatic rings. The van der Waals surface area contributed by atoms with Gasteiger partial charge in [-0.15, -0.1) is 0 Å². The van der Waals surface area contributed by atoms with Crippen molar-refractivity contribution >= 4 is 13.7 Å². The van der Waals surface area contributed by atoms with E-state index in [0.717, 1.165) is 0 Å². The molecule has 1 aliphatic heterocycles. The van der Waals surface area contributed by atoms with Gasteiger partial charge in [-0.05, 0) is 45.2 Å². The van der Waals surface area contributed by atoms with Gasteiger partial charge in [0.2, 0.25) is 0 Å². The van der Waals surface area contributed by atoms with Crippen molar-refractivity contribution in [3.05, 3.63) is 63.4 Å². The molecule has 2 aliphatic rings. The van der Waals surface area contributed by atoms with Gasteiger partial charge in [-0.1, -0.05) is 25.1 Å². The molecule has 5 unspecified atom stereocenters. The van der Waals surface area contributed by atoms with Crippen molar-refractivity contribution in [1.82, 2.24) is 14.6 Å². The van der Waals surface area contributed by atoms with E-state index in [2.05, 4.69) is 10.1 Å². The molecule has 1 saturated heterocycles. The Morgan fingerprint density at radius 1 is 1.27 bits per heavy atom. The molecule has 1 aromatic heterocycles. The molecule has 1 aromatic carbocycles. The van der Waals surface area contributed by atoms with Crippen LogP contribution in [-0.2, 0) is 23.4 Å². The van der Waals surface area contributed by atoms with Crippen molar-refractivity contribution in [3.8, 4) is 5.75 Å². The molecule has 2 heterocycles. The Balaban J connectivity index is 1.53. The summed E-state index contributed by atoms with van der Waals surface area (Å²) in [7, 11) is -4.18. The minimum Gasteiger partial charge on any atom is -0.462 e. The van der Waals surface area contributed by atoms with Gasteiger partial charge in [0.15, 0.2) is 0 Å². The van der Waals surface area contributed by atoms with Gasteiger partial charge in [-0.2, -0.15) is 5.09 Å². The van der Waals surface area contributed by atoms with Crippen molar-refractivity contribution in [1.29, 1.82) is 0 Å². The molecule has 5 atom stereocenters. The van der Waals surface area contributed by atoms with E-state index < -0.39 is 54.9 Å². The number of aromatic amines is 1. The average Bonchev–Trinajstić information content (AvgIpc) is 3.60. The molecular weight excluding hydrogens is 505 g/mol. The van der Waals surface area contributed by atoms with Crippen molar-refractivity contribution < 1.29 is 33.0 Å². The van der Waals surface area contributed by atoms with E-state index in [-0.39, 0.29) is 24.9 Å². The number of carbonyl (C=O) groups excluding carboxylic acids is 1. The maximum absolute atomic E-state index is 13.8. The molecule has 0 radical (unpaired) electrons. The van der Waals surface area contributed by atoms with E-state index in [9.17, 15) is 24.1 Å². The number of benzene rings is 1. The van der Waals surface area contributed by atoms with Crippen LogP contribution in [0.1, 0.15) is 46.3 Å². The van der Waals surface area contributed by atoms with Crippen LogP contribution in [0.3, 0.4) is 0 Å². The fourth-order valence-electron chi connectivity index (χ4n) is 4.36. The molecule has 12 nitrogen and oxygen atoms in total. The van der Waals surface area contributed by atoms with Crippen LogP contribution >= 0.6 is 7.75 Å². The van der Waals surface area contributed by atoms with Crippen LogP contribution in [0.25, 0.3) is 0 Å². The predicted molar refractivity (Wildman–Crippen MR) is 132 cm³/mol. The first kappa shape index (κ1) is 27.3. The van der Waals surface area contributed by atoms with Gasteiger partial charge in [-0.3, -0.25) is 23.7 Å². The number of rotatable bonds is 11. The van der Waals surface area contributed by atoms with E-state index in [1.807, 2.05) is 0 Å². The Morgan fingerprint density at radius 3 is 2.57 bits per heavy atom. The van der Waals surface area contributed by atoms with Crippen LogP contribution in [0, 0.1) is 5.41 Å². The third kappa shape index (κ3) is 6.05. The first-order valence-electron chi connectivity index (χ1n) is 12.2. The summed E-state index contributed by atoms with van der Waals surface area (Å²) in [4.78, 5) is 38.6. The van der Waals surface area contributed by atoms with Gasteiger partial charge in [0.1, 0.15) is 24.1 Å². The second kappa shape index (κ2) is 10.9. The summed E-state index contributed by atoms with van der Waals surface area (Å²) in [5.41, 5.74) is -1.94. The third-order valence-corrected chi connectivity index (χ3v) is 7.97. The second-order valence-corrected chi connectivity index (χ2v) is 11.2. The zero-order valence-electron chi connectivity index (χ0n) is 20.9. The average molecular weight is 538 g/mol. The number of hydrogen-bond donors (Lipinski definition) is 3. The van der Waals surface area contributed by atoms with Crippen molar-refractivity contribution in [3.63, 3.8) is 0 Å². The summed E-state index contributed by atoms with van der Waals surface area (Å²) in [6.07, 6.45) is -0.445. The predicted octanol–water partition coefficient (Wildman–Crippen LogP) is 2.10. The SMILES string of the molecule is CCC(NP(=O)(OCC1OC(n2ccc(=O)[nH]c2=O)C2(CC2)C1O)Oc1ccccc1)C(=O)OC(C)C. The molecule has 37 heavy (non-hydrogen) atoms. The van der Waals surface area contributed by atoms with E-state index in [4.69, 9.17) is 18.5 Å². The topological polar surface area (TPSA) is 158 Å². The quantitative estimate of drug-likeness (QED) is 0.286. The molecule has 1 saturated carbocycles. The maximum Gasteiger partial charge on any atom is 0.459 e. The normalized spacial score (nSPS) is 24.5. The number of carbonyl (C=O) groups is 1. The van der Waals surface area contributed by atoms with Crippen LogP contribution in [-0.4, -0.2) is 51.6 Å². The summed E-state index contributed by atoms with van der Waals surface area (Å²) in [6.45, 7) is 4.78. The van der Waals surface area contributed by atoms with Crippen LogP contribution < -0.4 is 20.9 Å². The zero-order chi connectivity index (χ0) is 26.8. The summed E-state index contributed by atoms with van der Waals surface area (Å²) >= 11 is 0. The number of nitrogens with zero attached hydrogens (tertiary/aromatic N) is 1. The van der Waals surface area contributed by atoms with Crippen LogP contribution in [0.5, 0.6) is 5.75 Å². The van der Waals surface area contributed by atoms with Gasteiger partial charge in [-0.25, -0.2) is 9.36 Å². The summed E-state index contributed by atoms with van der Waals surface area (Å²) in [5.74, 6) is -0.362. The highest BCUT2D eigenvalue weighted by molar-refractivity contribution is 7.52. The fourth-order valence-corrected chi connectivity index (χ4v) is 5.95. The number of aromatic nitrogens is 2. The Kier molecular flexibility index (Phi) is 8.05. The van der Waals surface area contributed by atoms with E-state index in [1.54, 1.807) is 51.1 Å². The maximum atomic E-state index is 13.8. The molecule has 3 N–H and O–H groups in total. The van der Waals surface area contributed by atoms with E-state index >= 15 is 0 Å². The number of nitrogens with one attached hydrogen (secondary N) is 2. The van der Waals surface area contributed by atoms with Crippen LogP contribution in [0.4, 0.5) is 0 Å². The van der Waals surface area contributed by atoms with E-state index in [1.165, 1.54) is 16.8 Å². The molecule has 202 valence electrons. The van der Waals surface area contributed by atoms with Gasteiger partial charge in [0.25, 0.3) is 5.56 Å². The number of aliphatic hydroxyl groups excluding tert-OH is 1. The van der Waals surface area contributed by atoms with Crippen molar-refractivity contribution in [2.24, 2.45) is 5.41 Å². The first-order valence-corrected chi connectivity index (χ1v) is 13.7. The fraction of sp³-hybridized carbons (Fsp3) is 0.542. The smallest absolute Gasteiger partial charge is 0.459 e. The van der Waals surface area contributed by atoms with Gasteiger partial charge in [0, 0.05) is 17.7 Å². The highest BCUT2D eigenvalue weighted by atomic mass is 31.2. The molecule has 0 bridgehead atoms. The Labute approximate surface area is 213 Å². The Morgan fingerprint density at radius 2 is 1.97 bits per heavy atom. The lowest BCUT2D eigenvalue weighted by Crippen LogP contribution is -2.39. The molecule has 2 fully saturated rings. The van der Waals surface area contributed by atoms with E-state index in [0.29, 0.717) is 12.8 Å². The number of para-hydroxylation sites is 1. The monoisotopic (exact) mass is 537 g/mol. The van der Waals surface area contributed by atoms with Crippen LogP contribution in [0.15, 0.2) is 52.2 Å². The zero-order valence-corrected chi connectivity index (χ0v) is 21.8. The van der Waals surface area contributed by atoms with Gasteiger partial charge >= 0.3 is 19.4 Å². The number of esters is 1. The highest BCUT2D eigenvalue weighted by Crippen LogP contribution is 2.62. The first-order chi connectivity index (χ1) is 17.6. The molecule has 1 aliphatic carbocycles. The molecular formula is C24H32N3O9P. The minimum atomic E-state index is -4.18. The second-order valence-electron chi connectivity index (χ2n) is 9.50. The molecule has 13 heteroatoms. The van der Waals surface area contributed by atoms with Crippen molar-refractivity contribution in [2.45, 2.75) is 70.6 Å². The summed E-state index contributed by atoms with van der Waals surface area (Å²) in [6, 6.07) is 8.54. The third-order valence-electron chi connectivity index (χ3n) is 6.40. The lowest BCUT2D eigenvalue weighted by molar-refractivity contribution is -0.149. The number of aliphatic hydroxyl groups is 1. The van der Waals surface area contributed by atoms with Crippen LogP contribution in [0.2, 0.25) is 0 Å². The molecule has 4 rings (SSSR count). The van der Waals surface area contributed by atoms with Gasteiger partial charge in [0.05, 0.1) is 18.8 Å². The molecule has 0 amide bonds. The number of hydrogen-bond acceptors (Lipinski definition) is 9. The molecule has 1 spiro atoms. The summed E-state index contributed by atoms with van der Waals surface area (Å²) < 4.78 is 37.7. The Bertz CT molecular complexity index is 1260. The van der Waals surface area contributed by atoms with Gasteiger partial charge < -0.3 is 19.1 Å². The summed E-state index contributed by atoms with van der Waals surface area (Å²) in [5, 5.41) is 13.7. The Hall–Kier alpha value is -2.76. The number of ether oxygens (including phenoxy) is 2. The lowest BCUT2D eigenvalue weighted by atomic mass is 9.96. The standard InChI is InChI=1S/C24H32N3O9P/c1-4-17(21(30)34-15(2)3)26-37(32,36-16-8-6-5-7-9-16)33-14-18-20(29)24(11-12-24)22(35-18)27-13-10-19(28)25-23(27)31/h5-10,13,15,17-18,20,22,29H,4,11-12,14H2,1-3H3,(H,26,32)(H,25,28,31). The minimum absolute atomic E-state index is 0.245. The number of H-pyrrole nitrogens is 1.